The molecule has 0 aromatic heterocycles. The van der Waals surface area contributed by atoms with Crippen molar-refractivity contribution in [1.82, 2.24) is 5.32 Å². The van der Waals surface area contributed by atoms with Crippen molar-refractivity contribution in [3.63, 3.8) is 0 Å². The molecule has 0 saturated carbocycles. The van der Waals surface area contributed by atoms with E-state index in [1.54, 1.807) is 0 Å². The van der Waals surface area contributed by atoms with Gasteiger partial charge in [0, 0.05) is 0 Å². The Morgan fingerprint density at radius 1 is 0.333 bits per heavy atom. The topological polar surface area (TPSA) is 89.8 Å². The van der Waals surface area contributed by atoms with E-state index < -0.39 is 24.2 Å². The first-order valence-corrected chi connectivity index (χ1v) is 27.8. The van der Waals surface area contributed by atoms with Crippen LogP contribution in [0.5, 0.6) is 0 Å². The summed E-state index contributed by atoms with van der Waals surface area (Å²) < 4.78 is 0. The van der Waals surface area contributed by atoms with E-state index in [4.69, 9.17) is 0 Å². The first-order valence-electron chi connectivity index (χ1n) is 27.8. The molecule has 0 spiro atoms. The molecule has 360 valence electrons. The van der Waals surface area contributed by atoms with Gasteiger partial charge in [0.25, 0.3) is 0 Å². The van der Waals surface area contributed by atoms with Gasteiger partial charge in [-0.1, -0.05) is 309 Å². The Balaban J connectivity index is 3.50. The van der Waals surface area contributed by atoms with Gasteiger partial charge in [-0.3, -0.25) is 4.79 Å². The van der Waals surface area contributed by atoms with Gasteiger partial charge in [-0.25, -0.2) is 0 Å². The molecule has 3 unspecified atom stereocenters. The van der Waals surface area contributed by atoms with Crippen molar-refractivity contribution >= 4 is 5.91 Å². The second-order valence-corrected chi connectivity index (χ2v) is 19.5. The van der Waals surface area contributed by atoms with Crippen LogP contribution in [-0.4, -0.2) is 46.1 Å². The minimum absolute atomic E-state index is 0.307. The first-order chi connectivity index (χ1) is 29.6. The van der Waals surface area contributed by atoms with Crippen LogP contribution in [0.3, 0.4) is 0 Å². The van der Waals surface area contributed by atoms with Crippen LogP contribution in [0.2, 0.25) is 0 Å². The molecule has 0 heterocycles. The van der Waals surface area contributed by atoms with Crippen LogP contribution in [0.15, 0.2) is 0 Å². The van der Waals surface area contributed by atoms with Crippen molar-refractivity contribution in [3.05, 3.63) is 0 Å². The lowest BCUT2D eigenvalue weighted by Crippen LogP contribution is -2.49. The van der Waals surface area contributed by atoms with Crippen LogP contribution >= 0.6 is 0 Å². The molecule has 0 aromatic carbocycles. The van der Waals surface area contributed by atoms with Gasteiger partial charge in [0.05, 0.1) is 18.8 Å². The highest BCUT2D eigenvalue weighted by Gasteiger charge is 2.23. The Labute approximate surface area is 377 Å². The number of carbonyl (C=O) groups excluding carboxylic acids is 1. The smallest absolute Gasteiger partial charge is 0.249 e. The van der Waals surface area contributed by atoms with Gasteiger partial charge in [-0.15, -0.1) is 0 Å². The highest BCUT2D eigenvalue weighted by atomic mass is 16.3. The van der Waals surface area contributed by atoms with Crippen LogP contribution in [0, 0.1) is 0 Å². The largest absolute Gasteiger partial charge is 0.394 e. The number of hydrogen-bond acceptors (Lipinski definition) is 4. The van der Waals surface area contributed by atoms with E-state index in [-0.39, 0.29) is 6.61 Å². The fraction of sp³-hybridized carbons (Fsp3) is 0.982. The minimum atomic E-state index is -1.07. The van der Waals surface area contributed by atoms with Crippen molar-refractivity contribution < 1.29 is 20.1 Å². The first kappa shape index (κ1) is 59.4. The highest BCUT2D eigenvalue weighted by Crippen LogP contribution is 2.18. The molecular formula is C55H111NO4. The lowest BCUT2D eigenvalue weighted by atomic mass is 10.0. The number of amides is 1. The van der Waals surface area contributed by atoms with Gasteiger partial charge < -0.3 is 20.6 Å². The lowest BCUT2D eigenvalue weighted by Gasteiger charge is -2.23. The van der Waals surface area contributed by atoms with Gasteiger partial charge in [0.15, 0.2) is 0 Å². The van der Waals surface area contributed by atoms with E-state index in [1.807, 2.05) is 0 Å². The number of hydrogen-bond donors (Lipinski definition) is 4. The molecule has 0 fully saturated rings. The average molecular weight is 850 g/mol. The molecule has 3 atom stereocenters. The van der Waals surface area contributed by atoms with Gasteiger partial charge in [-0.2, -0.15) is 0 Å². The molecule has 60 heavy (non-hydrogen) atoms. The molecule has 1 amide bonds. The van der Waals surface area contributed by atoms with Crippen LogP contribution < -0.4 is 5.32 Å². The molecule has 0 rings (SSSR count). The Morgan fingerprint density at radius 3 is 0.750 bits per heavy atom. The third-order valence-corrected chi connectivity index (χ3v) is 13.5. The Morgan fingerprint density at radius 2 is 0.533 bits per heavy atom. The average Bonchev–Trinajstić information content (AvgIpc) is 3.25. The number of rotatable bonds is 52. The zero-order valence-corrected chi connectivity index (χ0v) is 41.1. The van der Waals surface area contributed by atoms with Gasteiger partial charge >= 0.3 is 0 Å². The molecule has 0 aromatic rings. The summed E-state index contributed by atoms with van der Waals surface area (Å²) >= 11 is 0. The normalized spacial score (nSPS) is 13.2. The summed E-state index contributed by atoms with van der Waals surface area (Å²) in [7, 11) is 0. The highest BCUT2D eigenvalue weighted by molar-refractivity contribution is 5.80. The summed E-state index contributed by atoms with van der Waals surface area (Å²) in [4.78, 5) is 12.6. The number of aliphatic hydroxyl groups is 3. The fourth-order valence-electron chi connectivity index (χ4n) is 9.14. The molecule has 0 aliphatic rings. The summed E-state index contributed by atoms with van der Waals surface area (Å²) in [6.07, 6.45) is 61.4. The molecule has 0 radical (unpaired) electrons. The summed E-state index contributed by atoms with van der Waals surface area (Å²) in [6.45, 7) is 4.28. The molecule has 0 aliphatic carbocycles. The van der Waals surface area contributed by atoms with E-state index >= 15 is 0 Å². The predicted molar refractivity (Wildman–Crippen MR) is 264 cm³/mol. The Bertz CT molecular complexity index is 807. The zero-order valence-electron chi connectivity index (χ0n) is 41.1. The number of carbonyl (C=O) groups is 1. The maximum atomic E-state index is 12.6. The van der Waals surface area contributed by atoms with E-state index in [0.29, 0.717) is 12.8 Å². The summed E-state index contributed by atoms with van der Waals surface area (Å²) in [6, 6.07) is -0.707. The van der Waals surface area contributed by atoms with Crippen molar-refractivity contribution in [1.29, 1.82) is 0 Å². The van der Waals surface area contributed by atoms with Crippen molar-refractivity contribution in [2.45, 2.75) is 340 Å². The Hall–Kier alpha value is -0.650. The number of nitrogens with one attached hydrogen (secondary N) is 1. The molecule has 5 nitrogen and oxygen atoms in total. The lowest BCUT2D eigenvalue weighted by molar-refractivity contribution is -0.131. The maximum Gasteiger partial charge on any atom is 0.249 e. The van der Waals surface area contributed by atoms with Crippen molar-refractivity contribution in [3.8, 4) is 0 Å². The fourth-order valence-corrected chi connectivity index (χ4v) is 9.14. The van der Waals surface area contributed by atoms with Crippen molar-refractivity contribution in [2.75, 3.05) is 6.61 Å². The summed E-state index contributed by atoms with van der Waals surface area (Å²) in [5, 5.41) is 33.6. The monoisotopic (exact) mass is 850 g/mol. The Kier molecular flexibility index (Phi) is 50.4. The van der Waals surface area contributed by atoms with Crippen LogP contribution in [0.4, 0.5) is 0 Å². The molecule has 0 aliphatic heterocycles. The molecule has 5 heteroatoms. The van der Waals surface area contributed by atoms with E-state index in [1.165, 1.54) is 263 Å². The van der Waals surface area contributed by atoms with Gasteiger partial charge in [-0.05, 0) is 12.8 Å². The van der Waals surface area contributed by atoms with Gasteiger partial charge in [0.1, 0.15) is 6.10 Å². The summed E-state index contributed by atoms with van der Waals surface area (Å²) in [5.41, 5.74) is 0. The van der Waals surface area contributed by atoms with Crippen molar-refractivity contribution in [2.24, 2.45) is 0 Å². The van der Waals surface area contributed by atoms with Gasteiger partial charge in [0.2, 0.25) is 5.91 Å². The van der Waals surface area contributed by atoms with E-state index in [0.717, 1.165) is 32.1 Å². The molecule has 0 bridgehead atoms. The third kappa shape index (κ3) is 45.4. The predicted octanol–water partition coefficient (Wildman–Crippen LogP) is 16.9. The second-order valence-electron chi connectivity index (χ2n) is 19.5. The second kappa shape index (κ2) is 51.0. The molecule has 4 N–H and O–H groups in total. The molecule has 0 saturated heterocycles. The van der Waals surface area contributed by atoms with Crippen LogP contribution in [0.1, 0.15) is 322 Å². The van der Waals surface area contributed by atoms with E-state index in [2.05, 4.69) is 19.2 Å². The third-order valence-electron chi connectivity index (χ3n) is 13.5. The van der Waals surface area contributed by atoms with Crippen LogP contribution in [-0.2, 0) is 4.79 Å². The van der Waals surface area contributed by atoms with Crippen LogP contribution in [0.25, 0.3) is 0 Å². The number of aliphatic hydroxyl groups excluding tert-OH is 3. The number of unbranched alkanes of at least 4 members (excludes halogenated alkanes) is 44. The SMILES string of the molecule is CCCCCCCCCCCCCCCCCCCCCCCCCCC(O)C(=O)NC(CO)C(O)CCCCCCCCCCCCCCCCCCCCCCCC. The molecular weight excluding hydrogens is 739 g/mol. The zero-order chi connectivity index (χ0) is 43.7. The quantitative estimate of drug-likeness (QED) is 0.0459. The van der Waals surface area contributed by atoms with E-state index in [9.17, 15) is 20.1 Å². The maximum absolute atomic E-state index is 12.6. The minimum Gasteiger partial charge on any atom is -0.394 e. The standard InChI is InChI=1S/C55H111NO4/c1-3-5-7-9-11-13-15-17-19-21-23-25-27-28-30-32-34-36-38-40-42-44-46-48-50-54(59)55(60)56-52(51-57)53(58)49-47-45-43-41-39-37-35-33-31-29-26-24-22-20-18-16-14-12-10-8-6-4-2/h52-54,57-59H,3-51H2,1-2H3,(H,56,60). The summed E-state index contributed by atoms with van der Waals surface area (Å²) in [5.74, 6) is -0.462.